The number of aromatic nitrogens is 4. The van der Waals surface area contributed by atoms with Crippen LogP contribution in [0.1, 0.15) is 30.3 Å². The van der Waals surface area contributed by atoms with E-state index in [4.69, 9.17) is 9.72 Å². The number of rotatable bonds is 4. The lowest BCUT2D eigenvalue weighted by Crippen LogP contribution is -2.34. The highest BCUT2D eigenvalue weighted by Gasteiger charge is 2.34. The second-order valence-corrected chi connectivity index (χ2v) is 8.52. The molecule has 10 nitrogen and oxygen atoms in total. The summed E-state index contributed by atoms with van der Waals surface area (Å²) in [6.45, 7) is 0.283. The molecule has 4 aromatic rings. The summed E-state index contributed by atoms with van der Waals surface area (Å²) in [5, 5.41) is 19.6. The number of imidazole rings is 1. The number of ether oxygens (including phenoxy) is 1. The van der Waals surface area contributed by atoms with E-state index < -0.39 is 23.5 Å². The number of benzene rings is 2. The number of halogens is 1. The lowest BCUT2D eigenvalue weighted by atomic mass is 10.0. The average Bonchev–Trinajstić information content (AvgIpc) is 3.53. The van der Waals surface area contributed by atoms with Gasteiger partial charge < -0.3 is 14.4 Å². The molecule has 1 fully saturated rings. The number of hydrogen-bond donors (Lipinski definition) is 1. The molecule has 3 heterocycles. The topological polar surface area (TPSA) is 126 Å². The Kier molecular flexibility index (Phi) is 5.64. The molecule has 1 saturated heterocycles. The van der Waals surface area contributed by atoms with Crippen LogP contribution in [0.25, 0.3) is 27.8 Å². The number of fused-ring (bicyclic) bond motifs is 1. The molecule has 5 rings (SSSR count). The lowest BCUT2D eigenvalue weighted by molar-refractivity contribution is 0.138. The zero-order valence-corrected chi connectivity index (χ0v) is 19.5. The van der Waals surface area contributed by atoms with Crippen molar-refractivity contribution in [2.24, 2.45) is 7.05 Å². The molecule has 0 radical (unpaired) electrons. The first kappa shape index (κ1) is 23.0. The first-order valence-electron chi connectivity index (χ1n) is 11.1. The fraction of sp³-hybridized carbons (Fsp3) is 0.240. The summed E-state index contributed by atoms with van der Waals surface area (Å²) >= 11 is 0. The van der Waals surface area contributed by atoms with Gasteiger partial charge in [-0.15, -0.1) is 0 Å². The third-order valence-corrected chi connectivity index (χ3v) is 6.30. The van der Waals surface area contributed by atoms with Crippen LogP contribution >= 0.6 is 0 Å². The molecule has 11 heteroatoms. The summed E-state index contributed by atoms with van der Waals surface area (Å²) in [4.78, 5) is 36.3. The highest BCUT2D eigenvalue weighted by Crippen LogP contribution is 2.35. The predicted octanol–water partition coefficient (Wildman–Crippen LogP) is 3.62. The van der Waals surface area contributed by atoms with Gasteiger partial charge in [-0.1, -0.05) is 0 Å². The van der Waals surface area contributed by atoms with Gasteiger partial charge in [0.15, 0.2) is 11.6 Å². The van der Waals surface area contributed by atoms with Crippen molar-refractivity contribution < 1.29 is 19.0 Å². The molecular formula is C25H21FN6O4. The predicted molar refractivity (Wildman–Crippen MR) is 127 cm³/mol. The van der Waals surface area contributed by atoms with Crippen molar-refractivity contribution >= 4 is 17.0 Å². The summed E-state index contributed by atoms with van der Waals surface area (Å²) in [5.41, 5.74) is 1.11. The maximum absolute atomic E-state index is 14.7. The Morgan fingerprint density at radius 2 is 2.11 bits per heavy atom. The molecule has 36 heavy (non-hydrogen) atoms. The number of hydrogen-bond acceptors (Lipinski definition) is 6. The van der Waals surface area contributed by atoms with Crippen molar-refractivity contribution in [3.8, 4) is 28.8 Å². The van der Waals surface area contributed by atoms with Crippen molar-refractivity contribution in [1.82, 2.24) is 24.0 Å². The summed E-state index contributed by atoms with van der Waals surface area (Å²) < 4.78 is 22.6. The minimum Gasteiger partial charge on any atom is -0.494 e. The van der Waals surface area contributed by atoms with E-state index >= 15 is 0 Å². The molecule has 0 spiro atoms. The number of amides is 1. The van der Waals surface area contributed by atoms with E-state index in [0.717, 1.165) is 6.07 Å². The summed E-state index contributed by atoms with van der Waals surface area (Å²) in [6.07, 6.45) is 3.22. The van der Waals surface area contributed by atoms with Gasteiger partial charge in [0.05, 0.1) is 53.4 Å². The Hall–Kier alpha value is -4.72. The second-order valence-electron chi connectivity index (χ2n) is 8.52. The van der Waals surface area contributed by atoms with E-state index in [1.54, 1.807) is 30.2 Å². The molecule has 1 atom stereocenters. The quantitative estimate of drug-likeness (QED) is 0.465. The van der Waals surface area contributed by atoms with Crippen LogP contribution in [0.4, 0.5) is 9.18 Å². The molecule has 182 valence electrons. The monoisotopic (exact) mass is 488 g/mol. The molecule has 0 saturated carbocycles. The molecule has 1 aliphatic heterocycles. The fourth-order valence-electron chi connectivity index (χ4n) is 4.65. The van der Waals surface area contributed by atoms with E-state index in [9.17, 15) is 24.3 Å². The van der Waals surface area contributed by atoms with Gasteiger partial charge in [0.25, 0.3) is 5.56 Å². The lowest BCUT2D eigenvalue weighted by Gasteiger charge is -2.25. The Bertz CT molecular complexity index is 1620. The van der Waals surface area contributed by atoms with Crippen molar-refractivity contribution in [1.29, 1.82) is 5.26 Å². The van der Waals surface area contributed by atoms with Crippen molar-refractivity contribution in [3.63, 3.8) is 0 Å². The molecule has 0 bridgehead atoms. The van der Waals surface area contributed by atoms with Gasteiger partial charge in [-0.2, -0.15) is 5.26 Å². The van der Waals surface area contributed by atoms with Crippen LogP contribution in [-0.4, -0.2) is 48.9 Å². The molecule has 1 N–H and O–H groups in total. The summed E-state index contributed by atoms with van der Waals surface area (Å²) in [5.74, 6) is -0.521. The van der Waals surface area contributed by atoms with E-state index in [1.165, 1.54) is 34.8 Å². The van der Waals surface area contributed by atoms with E-state index in [-0.39, 0.29) is 40.3 Å². The maximum atomic E-state index is 14.7. The van der Waals surface area contributed by atoms with Gasteiger partial charge in [-0.3, -0.25) is 14.3 Å². The Labute approximate surface area is 204 Å². The maximum Gasteiger partial charge on any atom is 0.407 e. The minimum atomic E-state index is -1.14. The Balaban J connectivity index is 1.88. The van der Waals surface area contributed by atoms with Crippen LogP contribution in [0.5, 0.6) is 5.75 Å². The van der Waals surface area contributed by atoms with Gasteiger partial charge in [0.1, 0.15) is 5.82 Å². The third kappa shape index (κ3) is 3.73. The first-order chi connectivity index (χ1) is 17.3. The van der Waals surface area contributed by atoms with E-state index in [0.29, 0.717) is 24.1 Å². The van der Waals surface area contributed by atoms with Crippen molar-refractivity contribution in [2.75, 3.05) is 13.7 Å². The Morgan fingerprint density at radius 1 is 1.31 bits per heavy atom. The molecule has 1 aliphatic rings. The van der Waals surface area contributed by atoms with Crippen LogP contribution in [0.15, 0.2) is 47.7 Å². The molecule has 1 unspecified atom stereocenters. The second kappa shape index (κ2) is 8.81. The SMILES string of the molecule is COc1ccc(-n2c(C3CCCN3C(=O)O)nc3c(-c4cn(C)cn4)cc(C#N)cc3c2=O)cc1F. The van der Waals surface area contributed by atoms with Crippen LogP contribution < -0.4 is 10.3 Å². The van der Waals surface area contributed by atoms with Crippen molar-refractivity contribution in [2.45, 2.75) is 18.9 Å². The van der Waals surface area contributed by atoms with Gasteiger partial charge in [0, 0.05) is 31.4 Å². The van der Waals surface area contributed by atoms with Crippen LogP contribution in [0.3, 0.4) is 0 Å². The highest BCUT2D eigenvalue weighted by atomic mass is 19.1. The summed E-state index contributed by atoms with van der Waals surface area (Å²) in [6, 6.07) is 8.41. The van der Waals surface area contributed by atoms with Crippen LogP contribution in [-0.2, 0) is 7.05 Å². The largest absolute Gasteiger partial charge is 0.494 e. The minimum absolute atomic E-state index is 0.000619. The number of methoxy groups -OCH3 is 1. The first-order valence-corrected chi connectivity index (χ1v) is 11.1. The number of aryl methyl sites for hydroxylation is 1. The molecule has 0 aliphatic carbocycles. The van der Waals surface area contributed by atoms with Gasteiger partial charge in [0.2, 0.25) is 0 Å². The average molecular weight is 488 g/mol. The summed E-state index contributed by atoms with van der Waals surface area (Å²) in [7, 11) is 3.12. The standard InChI is InChI=1S/C25H21FN6O4/c1-30-12-19(28-13-30)16-8-14(11-27)9-17-22(16)29-23(20-4-3-7-31(20)25(34)35)32(24(17)33)15-5-6-21(36-2)18(26)10-15/h5-6,8-10,12-13,20H,3-4,7H2,1-2H3,(H,34,35). The highest BCUT2D eigenvalue weighted by molar-refractivity contribution is 5.93. The normalized spacial score (nSPS) is 15.3. The molecule has 1 amide bonds. The molecular weight excluding hydrogens is 467 g/mol. The number of carbonyl (C=O) groups is 1. The molecule has 2 aromatic carbocycles. The number of nitrogens with zero attached hydrogens (tertiary/aromatic N) is 6. The van der Waals surface area contributed by atoms with E-state index in [1.807, 2.05) is 0 Å². The van der Waals surface area contributed by atoms with Gasteiger partial charge in [-0.05, 0) is 37.1 Å². The number of nitriles is 1. The Morgan fingerprint density at radius 3 is 2.75 bits per heavy atom. The zero-order chi connectivity index (χ0) is 25.6. The third-order valence-electron chi connectivity index (χ3n) is 6.30. The van der Waals surface area contributed by atoms with Gasteiger partial charge in [-0.25, -0.2) is 19.2 Å². The van der Waals surface area contributed by atoms with Crippen molar-refractivity contribution in [3.05, 3.63) is 70.4 Å². The van der Waals surface area contributed by atoms with Crippen LogP contribution in [0.2, 0.25) is 0 Å². The smallest absolute Gasteiger partial charge is 0.407 e. The number of carboxylic acid groups (broad SMARTS) is 1. The zero-order valence-electron chi connectivity index (χ0n) is 19.5. The van der Waals surface area contributed by atoms with Gasteiger partial charge >= 0.3 is 6.09 Å². The van der Waals surface area contributed by atoms with E-state index in [2.05, 4.69) is 11.1 Å². The van der Waals surface area contributed by atoms with Crippen LogP contribution in [0, 0.1) is 17.1 Å². The fourth-order valence-corrected chi connectivity index (χ4v) is 4.65. The molecule has 2 aromatic heterocycles. The number of likely N-dealkylation sites (tertiary alicyclic amines) is 1.